The monoisotopic (exact) mass is 313 g/mol. The first-order chi connectivity index (χ1) is 11.0. The van der Waals surface area contributed by atoms with E-state index in [0.29, 0.717) is 17.9 Å². The van der Waals surface area contributed by atoms with Crippen molar-refractivity contribution in [3.63, 3.8) is 0 Å². The zero-order valence-electron chi connectivity index (χ0n) is 12.9. The normalized spacial score (nSPS) is 16.7. The van der Waals surface area contributed by atoms with Gasteiger partial charge in [-0.1, -0.05) is 13.3 Å². The standard InChI is InChI=1S/C18H17F2N3/c1-2-10-3-6-16-13(7-10)17(14(9-21)18(22)23-16)12-8-11(19)4-5-15(12)20/h4-5,8,10H,2-3,6-7H2,1H3,(H2,22,23). The van der Waals surface area contributed by atoms with Crippen LogP contribution < -0.4 is 5.73 Å². The number of aromatic nitrogens is 1. The van der Waals surface area contributed by atoms with Crippen LogP contribution in [0.1, 0.15) is 36.6 Å². The number of hydrogen-bond acceptors (Lipinski definition) is 3. The number of pyridine rings is 1. The number of nitrogens with two attached hydrogens (primary N) is 1. The topological polar surface area (TPSA) is 62.7 Å². The van der Waals surface area contributed by atoms with Gasteiger partial charge in [0.1, 0.15) is 29.1 Å². The van der Waals surface area contributed by atoms with Crippen molar-refractivity contribution in [2.45, 2.75) is 32.6 Å². The largest absolute Gasteiger partial charge is 0.383 e. The highest BCUT2D eigenvalue weighted by Gasteiger charge is 2.27. The Morgan fingerprint density at radius 1 is 1.39 bits per heavy atom. The highest BCUT2D eigenvalue weighted by Crippen LogP contribution is 2.39. The van der Waals surface area contributed by atoms with E-state index < -0.39 is 11.6 Å². The molecular weight excluding hydrogens is 296 g/mol. The number of nitriles is 1. The van der Waals surface area contributed by atoms with Gasteiger partial charge in [0.25, 0.3) is 0 Å². The molecule has 0 bridgehead atoms. The Bertz CT molecular complexity index is 809. The lowest BCUT2D eigenvalue weighted by Crippen LogP contribution is -2.18. The molecule has 2 aromatic rings. The molecule has 0 amide bonds. The van der Waals surface area contributed by atoms with E-state index >= 15 is 0 Å². The van der Waals surface area contributed by atoms with Gasteiger partial charge in [0.15, 0.2) is 0 Å². The number of hydrogen-bond donors (Lipinski definition) is 1. The number of rotatable bonds is 2. The molecule has 0 saturated heterocycles. The van der Waals surface area contributed by atoms with Crippen LogP contribution in [0.3, 0.4) is 0 Å². The van der Waals surface area contributed by atoms with E-state index in [0.717, 1.165) is 48.7 Å². The second-order valence-corrected chi connectivity index (χ2v) is 5.93. The minimum atomic E-state index is -0.561. The second-order valence-electron chi connectivity index (χ2n) is 5.93. The summed E-state index contributed by atoms with van der Waals surface area (Å²) in [4.78, 5) is 4.33. The lowest BCUT2D eigenvalue weighted by molar-refractivity contribution is 0.440. The van der Waals surface area contributed by atoms with Gasteiger partial charge >= 0.3 is 0 Å². The van der Waals surface area contributed by atoms with E-state index in [4.69, 9.17) is 5.73 Å². The van der Waals surface area contributed by atoms with E-state index in [9.17, 15) is 14.0 Å². The Morgan fingerprint density at radius 3 is 2.87 bits per heavy atom. The maximum Gasteiger partial charge on any atom is 0.142 e. The van der Waals surface area contributed by atoms with Crippen LogP contribution in [-0.2, 0) is 12.8 Å². The van der Waals surface area contributed by atoms with Gasteiger partial charge in [-0.05, 0) is 48.9 Å². The van der Waals surface area contributed by atoms with Crippen molar-refractivity contribution < 1.29 is 8.78 Å². The average molecular weight is 313 g/mol. The highest BCUT2D eigenvalue weighted by molar-refractivity contribution is 5.79. The van der Waals surface area contributed by atoms with Crippen molar-refractivity contribution >= 4 is 5.82 Å². The summed E-state index contributed by atoms with van der Waals surface area (Å²) in [5.41, 5.74) is 8.15. The summed E-state index contributed by atoms with van der Waals surface area (Å²) in [6, 6.07) is 5.29. The van der Waals surface area contributed by atoms with Crippen molar-refractivity contribution in [1.82, 2.24) is 4.98 Å². The van der Waals surface area contributed by atoms with Crippen molar-refractivity contribution in [1.29, 1.82) is 5.26 Å². The zero-order chi connectivity index (χ0) is 16.6. The number of nitrogens with zero attached hydrogens (tertiary/aromatic N) is 2. The van der Waals surface area contributed by atoms with Crippen LogP contribution in [0.4, 0.5) is 14.6 Å². The Labute approximate surface area is 133 Å². The van der Waals surface area contributed by atoms with Crippen LogP contribution in [0.2, 0.25) is 0 Å². The van der Waals surface area contributed by atoms with E-state index in [1.807, 2.05) is 6.07 Å². The van der Waals surface area contributed by atoms with Gasteiger partial charge in [-0.2, -0.15) is 5.26 Å². The summed E-state index contributed by atoms with van der Waals surface area (Å²) in [5, 5.41) is 9.46. The predicted molar refractivity (Wildman–Crippen MR) is 84.5 cm³/mol. The molecule has 0 saturated carbocycles. The van der Waals surface area contributed by atoms with Crippen LogP contribution >= 0.6 is 0 Å². The Morgan fingerprint density at radius 2 is 2.17 bits per heavy atom. The smallest absolute Gasteiger partial charge is 0.142 e. The molecule has 0 fully saturated rings. The van der Waals surface area contributed by atoms with E-state index in [1.165, 1.54) is 0 Å². The molecule has 23 heavy (non-hydrogen) atoms. The van der Waals surface area contributed by atoms with Crippen molar-refractivity contribution in [3.8, 4) is 17.2 Å². The summed E-state index contributed by atoms with van der Waals surface area (Å²) >= 11 is 0. The van der Waals surface area contributed by atoms with Crippen molar-refractivity contribution in [2.24, 2.45) is 5.92 Å². The SMILES string of the molecule is CCC1CCc2nc(N)c(C#N)c(-c3cc(F)ccc3F)c2C1. The molecule has 1 aromatic heterocycles. The van der Waals surface area contributed by atoms with Crippen molar-refractivity contribution in [3.05, 3.63) is 46.7 Å². The molecule has 0 spiro atoms. The molecule has 1 aromatic carbocycles. The zero-order valence-corrected chi connectivity index (χ0v) is 12.9. The Kier molecular flexibility index (Phi) is 3.99. The van der Waals surface area contributed by atoms with Crippen molar-refractivity contribution in [2.75, 3.05) is 5.73 Å². The third-order valence-corrected chi connectivity index (χ3v) is 4.58. The van der Waals surface area contributed by atoms with Gasteiger partial charge in [0, 0.05) is 16.8 Å². The predicted octanol–water partition coefficient (Wildman–Crippen LogP) is 4.00. The Balaban J connectivity index is 2.32. The molecule has 1 aliphatic carbocycles. The third kappa shape index (κ3) is 2.65. The molecule has 1 atom stereocenters. The van der Waals surface area contributed by atoms with E-state index in [-0.39, 0.29) is 16.9 Å². The number of aryl methyl sites for hydroxylation is 1. The quantitative estimate of drug-likeness (QED) is 0.911. The fourth-order valence-corrected chi connectivity index (χ4v) is 3.30. The maximum atomic E-state index is 14.3. The van der Waals surface area contributed by atoms with Gasteiger partial charge in [0.2, 0.25) is 0 Å². The minimum absolute atomic E-state index is 0.0832. The van der Waals surface area contributed by atoms with Crippen LogP contribution in [0.15, 0.2) is 18.2 Å². The number of nitrogen functional groups attached to an aromatic ring is 1. The van der Waals surface area contributed by atoms with Gasteiger partial charge in [0.05, 0.1) is 0 Å². The summed E-state index contributed by atoms with van der Waals surface area (Å²) in [6.45, 7) is 2.11. The molecule has 3 rings (SSSR count). The molecule has 118 valence electrons. The van der Waals surface area contributed by atoms with Crippen LogP contribution in [0, 0.1) is 28.9 Å². The number of benzene rings is 1. The van der Waals surface area contributed by atoms with E-state index in [1.54, 1.807) is 0 Å². The van der Waals surface area contributed by atoms with Crippen LogP contribution in [-0.4, -0.2) is 4.98 Å². The second kappa shape index (κ2) is 5.96. The summed E-state index contributed by atoms with van der Waals surface area (Å²) in [5.74, 6) is -0.568. The first-order valence-corrected chi connectivity index (χ1v) is 7.71. The molecule has 0 aliphatic heterocycles. The summed E-state index contributed by atoms with van der Waals surface area (Å²) in [6.07, 6.45) is 3.44. The number of fused-ring (bicyclic) bond motifs is 1. The Hall–Kier alpha value is -2.48. The minimum Gasteiger partial charge on any atom is -0.383 e. The molecular formula is C18H17F2N3. The first-order valence-electron chi connectivity index (χ1n) is 7.71. The summed E-state index contributed by atoms with van der Waals surface area (Å²) < 4.78 is 28.0. The average Bonchev–Trinajstić information content (AvgIpc) is 2.55. The fraction of sp³-hybridized carbons (Fsp3) is 0.333. The number of halogens is 2. The number of anilines is 1. The summed E-state index contributed by atoms with van der Waals surface area (Å²) in [7, 11) is 0. The lowest BCUT2D eigenvalue weighted by Gasteiger charge is -2.26. The highest BCUT2D eigenvalue weighted by atomic mass is 19.1. The molecule has 1 heterocycles. The molecule has 1 aliphatic rings. The van der Waals surface area contributed by atoms with Crippen LogP contribution in [0.25, 0.3) is 11.1 Å². The molecule has 3 nitrogen and oxygen atoms in total. The fourth-order valence-electron chi connectivity index (χ4n) is 3.30. The first kappa shape index (κ1) is 15.4. The lowest BCUT2D eigenvalue weighted by atomic mass is 9.80. The molecule has 5 heteroatoms. The maximum absolute atomic E-state index is 14.3. The van der Waals surface area contributed by atoms with Gasteiger partial charge in [-0.25, -0.2) is 13.8 Å². The van der Waals surface area contributed by atoms with Gasteiger partial charge in [-0.3, -0.25) is 0 Å². The molecule has 0 radical (unpaired) electrons. The molecule has 1 unspecified atom stereocenters. The third-order valence-electron chi connectivity index (χ3n) is 4.58. The van der Waals surface area contributed by atoms with Gasteiger partial charge in [-0.15, -0.1) is 0 Å². The molecule has 2 N–H and O–H groups in total. The van der Waals surface area contributed by atoms with Gasteiger partial charge < -0.3 is 5.73 Å². The van der Waals surface area contributed by atoms with E-state index in [2.05, 4.69) is 11.9 Å². The van der Waals surface area contributed by atoms with Crippen LogP contribution in [0.5, 0.6) is 0 Å².